The Kier molecular flexibility index (Phi) is 5.98. The molecule has 1 rings (SSSR count). The lowest BCUT2D eigenvalue weighted by molar-refractivity contribution is -0.171. The van der Waals surface area contributed by atoms with E-state index in [0.717, 1.165) is 12.8 Å². The molecule has 0 aromatic heterocycles. The predicted octanol–water partition coefficient (Wildman–Crippen LogP) is 0.122. The fraction of sp³-hybridized carbons (Fsp3) is 0.800. The molecule has 0 saturated carbocycles. The molecule has 1 aliphatic rings. The fourth-order valence-electron chi connectivity index (χ4n) is 1.48. The van der Waals surface area contributed by atoms with Crippen molar-refractivity contribution in [2.24, 2.45) is 0 Å². The lowest BCUT2D eigenvalue weighted by Crippen LogP contribution is -2.40. The van der Waals surface area contributed by atoms with Crippen LogP contribution < -0.4 is 0 Å². The van der Waals surface area contributed by atoms with Gasteiger partial charge in [0.15, 0.2) is 6.61 Å². The minimum Gasteiger partial charge on any atom is -0.460 e. The summed E-state index contributed by atoms with van der Waals surface area (Å²) in [6.07, 6.45) is 2.16. The van der Waals surface area contributed by atoms with Crippen LogP contribution in [0.3, 0.4) is 0 Å². The molecular weight excluding hydrogens is 318 g/mol. The van der Waals surface area contributed by atoms with Crippen molar-refractivity contribution in [1.29, 1.82) is 0 Å². The first kappa shape index (κ1) is 17.7. The molecule has 0 spiro atoms. The highest BCUT2D eigenvalue weighted by molar-refractivity contribution is 7.87. The van der Waals surface area contributed by atoms with E-state index >= 15 is 0 Å². The highest BCUT2D eigenvalue weighted by Crippen LogP contribution is 2.22. The number of halogens is 2. The molecule has 0 amide bonds. The quantitative estimate of drug-likeness (QED) is 0.538. The molecule has 0 aromatic carbocycles. The molecule has 0 aliphatic carbocycles. The van der Waals surface area contributed by atoms with E-state index in [4.69, 9.17) is 9.29 Å². The van der Waals surface area contributed by atoms with Gasteiger partial charge in [0.25, 0.3) is 0 Å². The number of hydrogen-bond donors (Lipinski definition) is 1. The Morgan fingerprint density at radius 1 is 1.29 bits per heavy atom. The average molecular weight is 332 g/mol. The van der Waals surface area contributed by atoms with Crippen LogP contribution in [-0.4, -0.2) is 56.1 Å². The van der Waals surface area contributed by atoms with Crippen molar-refractivity contribution in [3.05, 3.63) is 0 Å². The highest BCUT2D eigenvalue weighted by atomic mass is 32.2. The van der Waals surface area contributed by atoms with Gasteiger partial charge in [0.1, 0.15) is 6.61 Å². The van der Waals surface area contributed by atoms with E-state index in [1.807, 2.05) is 0 Å². The first-order valence-corrected chi connectivity index (χ1v) is 7.38. The summed E-state index contributed by atoms with van der Waals surface area (Å²) >= 11 is 0. The Morgan fingerprint density at radius 2 is 1.95 bits per heavy atom. The fourth-order valence-corrected chi connectivity index (χ4v) is 1.75. The largest absolute Gasteiger partial charge is 0.465 e. The maximum absolute atomic E-state index is 12.8. The molecule has 0 radical (unpaired) electrons. The van der Waals surface area contributed by atoms with Gasteiger partial charge in [-0.25, -0.2) is 9.59 Å². The van der Waals surface area contributed by atoms with Crippen molar-refractivity contribution in [2.45, 2.75) is 30.6 Å². The van der Waals surface area contributed by atoms with Crippen molar-refractivity contribution in [2.75, 3.05) is 19.8 Å². The molecule has 1 atom stereocenters. The number of carbonyl (C=O) groups is 2. The van der Waals surface area contributed by atoms with E-state index in [0.29, 0.717) is 13.0 Å². The van der Waals surface area contributed by atoms with Crippen LogP contribution in [0.5, 0.6) is 0 Å². The Labute approximate surface area is 119 Å². The summed E-state index contributed by atoms with van der Waals surface area (Å²) < 4.78 is 67.8. The van der Waals surface area contributed by atoms with Gasteiger partial charge < -0.3 is 14.2 Å². The average Bonchev–Trinajstić information content (AvgIpc) is 2.42. The SMILES string of the molecule is O=C(COC(=O)C(F)(F)S(=O)(=O)O)OCC1CCCCO1. The summed E-state index contributed by atoms with van der Waals surface area (Å²) in [5.74, 6) is -3.69. The smallest absolute Gasteiger partial charge is 0.460 e. The second kappa shape index (κ2) is 7.09. The van der Waals surface area contributed by atoms with E-state index in [1.54, 1.807) is 0 Å². The summed E-state index contributed by atoms with van der Waals surface area (Å²) in [7, 11) is -5.96. The van der Waals surface area contributed by atoms with E-state index in [-0.39, 0.29) is 12.7 Å². The van der Waals surface area contributed by atoms with Crippen LogP contribution in [0.15, 0.2) is 0 Å². The van der Waals surface area contributed by atoms with Gasteiger partial charge in [0.2, 0.25) is 0 Å². The van der Waals surface area contributed by atoms with Crippen LogP contribution in [0.25, 0.3) is 0 Å². The summed E-state index contributed by atoms with van der Waals surface area (Å²) in [5.41, 5.74) is 0. The third-order valence-electron chi connectivity index (χ3n) is 2.59. The summed E-state index contributed by atoms with van der Waals surface area (Å²) in [4.78, 5) is 21.9. The molecule has 1 aliphatic heterocycles. The van der Waals surface area contributed by atoms with Crippen LogP contribution >= 0.6 is 0 Å². The zero-order valence-electron chi connectivity index (χ0n) is 10.8. The molecule has 1 saturated heterocycles. The Morgan fingerprint density at radius 3 is 2.48 bits per heavy atom. The number of hydrogen-bond acceptors (Lipinski definition) is 7. The molecule has 21 heavy (non-hydrogen) atoms. The lowest BCUT2D eigenvalue weighted by atomic mass is 10.1. The summed E-state index contributed by atoms with van der Waals surface area (Å²) in [6, 6.07) is 0. The monoisotopic (exact) mass is 332 g/mol. The molecule has 1 N–H and O–H groups in total. The first-order valence-electron chi connectivity index (χ1n) is 5.94. The van der Waals surface area contributed by atoms with Crippen molar-refractivity contribution >= 4 is 22.1 Å². The first-order chi connectivity index (χ1) is 9.64. The van der Waals surface area contributed by atoms with Gasteiger partial charge in [-0.1, -0.05) is 0 Å². The molecule has 11 heteroatoms. The van der Waals surface area contributed by atoms with E-state index in [2.05, 4.69) is 9.47 Å². The number of rotatable bonds is 6. The van der Waals surface area contributed by atoms with Crippen LogP contribution in [0.4, 0.5) is 8.78 Å². The molecule has 0 aromatic rings. The van der Waals surface area contributed by atoms with Gasteiger partial charge in [0.05, 0.1) is 6.10 Å². The third-order valence-corrected chi connectivity index (χ3v) is 3.40. The van der Waals surface area contributed by atoms with Crippen molar-refractivity contribution in [3.63, 3.8) is 0 Å². The zero-order valence-corrected chi connectivity index (χ0v) is 11.6. The maximum atomic E-state index is 12.8. The predicted molar refractivity (Wildman–Crippen MR) is 62.0 cm³/mol. The second-order valence-corrected chi connectivity index (χ2v) is 5.70. The normalized spacial score (nSPS) is 19.9. The Hall–Kier alpha value is -1.33. The Bertz CT molecular complexity index is 483. The van der Waals surface area contributed by atoms with Crippen LogP contribution in [0, 0.1) is 0 Å². The van der Waals surface area contributed by atoms with Gasteiger partial charge in [0, 0.05) is 6.61 Å². The third kappa shape index (κ3) is 5.17. The molecule has 122 valence electrons. The van der Waals surface area contributed by atoms with Crippen molar-refractivity contribution in [3.8, 4) is 0 Å². The minimum atomic E-state index is -5.96. The van der Waals surface area contributed by atoms with Crippen molar-refractivity contribution in [1.82, 2.24) is 0 Å². The number of ether oxygens (including phenoxy) is 3. The molecule has 1 fully saturated rings. The van der Waals surface area contributed by atoms with E-state index < -0.39 is 33.9 Å². The topological polar surface area (TPSA) is 116 Å². The van der Waals surface area contributed by atoms with Gasteiger partial charge in [-0.05, 0) is 19.3 Å². The van der Waals surface area contributed by atoms with Gasteiger partial charge in [-0.3, -0.25) is 4.55 Å². The van der Waals surface area contributed by atoms with Crippen LogP contribution in [0.1, 0.15) is 19.3 Å². The Balaban J connectivity index is 2.34. The molecule has 0 bridgehead atoms. The maximum Gasteiger partial charge on any atom is 0.465 e. The van der Waals surface area contributed by atoms with Crippen LogP contribution in [-0.2, 0) is 33.9 Å². The molecule has 1 heterocycles. The standard InChI is InChI=1S/C10H14F2O8S/c11-10(12,21(15,16)17)9(14)20-6-8(13)19-5-7-3-1-2-4-18-7/h7H,1-6H2,(H,15,16,17). The van der Waals surface area contributed by atoms with Gasteiger partial charge >= 0.3 is 27.3 Å². The van der Waals surface area contributed by atoms with Crippen molar-refractivity contribution < 1.29 is 45.6 Å². The zero-order chi connectivity index (χ0) is 16.1. The number of alkyl halides is 2. The number of esters is 2. The van der Waals surface area contributed by atoms with Gasteiger partial charge in [-0.2, -0.15) is 17.2 Å². The lowest BCUT2D eigenvalue weighted by Gasteiger charge is -2.22. The van der Waals surface area contributed by atoms with Crippen LogP contribution in [0.2, 0.25) is 0 Å². The minimum absolute atomic E-state index is 0.120. The summed E-state index contributed by atoms with van der Waals surface area (Å²) in [6.45, 7) is -0.792. The molecule has 1 unspecified atom stereocenters. The second-order valence-electron chi connectivity index (χ2n) is 4.24. The highest BCUT2D eigenvalue weighted by Gasteiger charge is 2.54. The molecular formula is C10H14F2O8S. The number of carbonyl (C=O) groups excluding carboxylic acids is 2. The van der Waals surface area contributed by atoms with E-state index in [9.17, 15) is 26.8 Å². The van der Waals surface area contributed by atoms with E-state index in [1.165, 1.54) is 0 Å². The van der Waals surface area contributed by atoms with Gasteiger partial charge in [-0.15, -0.1) is 0 Å². The summed E-state index contributed by atoms with van der Waals surface area (Å²) in [5, 5.41) is -5.14. The molecule has 8 nitrogen and oxygen atoms in total.